The Morgan fingerprint density at radius 3 is 2.79 bits per heavy atom. The van der Waals surface area contributed by atoms with E-state index in [1.54, 1.807) is 16.8 Å². The van der Waals surface area contributed by atoms with Crippen molar-refractivity contribution < 1.29 is 0 Å². The van der Waals surface area contributed by atoms with E-state index in [1.165, 1.54) is 6.33 Å². The number of hydrogen-bond acceptors (Lipinski definition) is 3. The number of hydrogen-bond donors (Lipinski definition) is 1. The number of aromatic nitrogens is 3. The normalized spacial score (nSPS) is 10.4. The molecule has 0 fully saturated rings. The molecule has 0 atom stereocenters. The van der Waals surface area contributed by atoms with Gasteiger partial charge in [-0.1, -0.05) is 11.6 Å². The fourth-order valence-corrected chi connectivity index (χ4v) is 1.40. The second-order valence-corrected chi connectivity index (χ2v) is 3.35. The molecule has 5 heteroatoms. The zero-order valence-corrected chi connectivity index (χ0v) is 8.36. The average Bonchev–Trinajstić information content (AvgIpc) is 2.57. The van der Waals surface area contributed by atoms with Crippen LogP contribution in [0.1, 0.15) is 0 Å². The van der Waals surface area contributed by atoms with Crippen molar-refractivity contribution in [2.75, 3.05) is 5.73 Å². The van der Waals surface area contributed by atoms with Crippen molar-refractivity contribution in [1.82, 2.24) is 14.8 Å². The van der Waals surface area contributed by atoms with Crippen LogP contribution < -0.4 is 5.73 Å². The predicted octanol–water partition coefficient (Wildman–Crippen LogP) is 1.72. The van der Waals surface area contributed by atoms with E-state index in [4.69, 9.17) is 17.3 Å². The van der Waals surface area contributed by atoms with Gasteiger partial charge in [0.25, 0.3) is 0 Å². The molecule has 0 amide bonds. The summed E-state index contributed by atoms with van der Waals surface area (Å²) < 4.78 is 1.68. The summed E-state index contributed by atoms with van der Waals surface area (Å²) in [5.74, 6) is 0.770. The second-order valence-electron chi connectivity index (χ2n) is 2.94. The minimum absolute atomic E-state index is 0.533. The lowest BCUT2D eigenvalue weighted by molar-refractivity contribution is 0.774. The van der Waals surface area contributed by atoms with Gasteiger partial charge < -0.3 is 5.73 Å². The summed E-state index contributed by atoms with van der Waals surface area (Å²) in [4.78, 5) is 4.11. The van der Waals surface area contributed by atoms with Crippen LogP contribution in [0.5, 0.6) is 0 Å². The Morgan fingerprint density at radius 1 is 1.43 bits per heavy atom. The molecule has 1 aromatic heterocycles. The first-order valence-electron chi connectivity index (χ1n) is 4.08. The number of halogens is 1. The maximum absolute atomic E-state index is 5.90. The van der Waals surface area contributed by atoms with Crippen LogP contribution in [0.3, 0.4) is 0 Å². The number of aryl methyl sites for hydroxylation is 1. The van der Waals surface area contributed by atoms with Gasteiger partial charge in [0.1, 0.15) is 6.33 Å². The number of benzene rings is 1. The predicted molar refractivity (Wildman–Crippen MR) is 55.9 cm³/mol. The lowest BCUT2D eigenvalue weighted by Gasteiger charge is -2.02. The van der Waals surface area contributed by atoms with E-state index in [2.05, 4.69) is 10.1 Å². The molecule has 2 N–H and O–H groups in total. The van der Waals surface area contributed by atoms with E-state index in [-0.39, 0.29) is 0 Å². The van der Waals surface area contributed by atoms with Gasteiger partial charge in [-0.15, -0.1) is 0 Å². The molecule has 0 saturated heterocycles. The van der Waals surface area contributed by atoms with Crippen molar-refractivity contribution in [2.45, 2.75) is 0 Å². The highest BCUT2D eigenvalue weighted by atomic mass is 35.5. The van der Waals surface area contributed by atoms with Gasteiger partial charge in [0.2, 0.25) is 0 Å². The van der Waals surface area contributed by atoms with Gasteiger partial charge in [0.15, 0.2) is 5.82 Å². The van der Waals surface area contributed by atoms with E-state index in [1.807, 2.05) is 13.1 Å². The molecule has 0 spiro atoms. The van der Waals surface area contributed by atoms with Crippen molar-refractivity contribution in [1.29, 1.82) is 0 Å². The number of nitrogens with two attached hydrogens (primary N) is 1. The summed E-state index contributed by atoms with van der Waals surface area (Å²) in [6.07, 6.45) is 1.50. The van der Waals surface area contributed by atoms with Crippen LogP contribution in [0.2, 0.25) is 5.02 Å². The summed E-state index contributed by atoms with van der Waals surface area (Å²) in [6.45, 7) is 0. The fourth-order valence-electron chi connectivity index (χ4n) is 1.22. The van der Waals surface area contributed by atoms with E-state index < -0.39 is 0 Å². The van der Waals surface area contributed by atoms with Crippen molar-refractivity contribution in [3.05, 3.63) is 29.5 Å². The Kier molecular flexibility index (Phi) is 2.13. The SMILES string of the molecule is Cn1ncnc1-c1ccc(N)c(Cl)c1. The average molecular weight is 209 g/mol. The van der Waals surface area contributed by atoms with Crippen LogP contribution in [-0.2, 0) is 7.05 Å². The highest BCUT2D eigenvalue weighted by Crippen LogP contribution is 2.24. The minimum Gasteiger partial charge on any atom is -0.398 e. The Bertz CT molecular complexity index is 464. The van der Waals surface area contributed by atoms with E-state index >= 15 is 0 Å². The molecule has 4 nitrogen and oxygen atoms in total. The van der Waals surface area contributed by atoms with Crippen LogP contribution >= 0.6 is 11.6 Å². The van der Waals surface area contributed by atoms with Crippen LogP contribution in [0.15, 0.2) is 24.5 Å². The van der Waals surface area contributed by atoms with Crippen LogP contribution in [-0.4, -0.2) is 14.8 Å². The highest BCUT2D eigenvalue weighted by molar-refractivity contribution is 6.33. The number of rotatable bonds is 1. The maximum Gasteiger partial charge on any atom is 0.157 e. The monoisotopic (exact) mass is 208 g/mol. The van der Waals surface area contributed by atoms with Crippen molar-refractivity contribution in [3.63, 3.8) is 0 Å². The molecule has 2 aromatic rings. The van der Waals surface area contributed by atoms with Gasteiger partial charge in [-0.25, -0.2) is 9.67 Å². The van der Waals surface area contributed by atoms with E-state index in [9.17, 15) is 0 Å². The third-order valence-corrected chi connectivity index (χ3v) is 2.30. The fraction of sp³-hybridized carbons (Fsp3) is 0.111. The van der Waals surface area contributed by atoms with Crippen molar-refractivity contribution in [2.24, 2.45) is 7.05 Å². The molecular weight excluding hydrogens is 200 g/mol. The molecule has 2 rings (SSSR count). The molecule has 1 heterocycles. The van der Waals surface area contributed by atoms with Gasteiger partial charge in [0.05, 0.1) is 10.7 Å². The Labute approximate surface area is 86.3 Å². The number of nitrogen functional groups attached to an aromatic ring is 1. The lowest BCUT2D eigenvalue weighted by Crippen LogP contribution is -1.95. The Morgan fingerprint density at radius 2 is 2.21 bits per heavy atom. The molecule has 14 heavy (non-hydrogen) atoms. The smallest absolute Gasteiger partial charge is 0.157 e. The summed E-state index contributed by atoms with van der Waals surface area (Å²) >= 11 is 5.90. The van der Waals surface area contributed by atoms with Gasteiger partial charge >= 0.3 is 0 Å². The summed E-state index contributed by atoms with van der Waals surface area (Å²) in [5, 5.41) is 4.51. The van der Waals surface area contributed by atoms with Gasteiger partial charge in [-0.2, -0.15) is 5.10 Å². The third kappa shape index (κ3) is 1.44. The maximum atomic E-state index is 5.90. The number of anilines is 1. The minimum atomic E-state index is 0.533. The molecule has 0 aliphatic carbocycles. The molecular formula is C9H9ClN4. The molecule has 72 valence electrons. The van der Waals surface area contributed by atoms with Gasteiger partial charge in [-0.05, 0) is 18.2 Å². The first kappa shape index (κ1) is 9.02. The number of nitrogens with zero attached hydrogens (tertiary/aromatic N) is 3. The molecule has 1 aromatic carbocycles. The van der Waals surface area contributed by atoms with Crippen LogP contribution in [0, 0.1) is 0 Å². The zero-order valence-electron chi connectivity index (χ0n) is 7.61. The Hall–Kier alpha value is -1.55. The Balaban J connectivity index is 2.53. The first-order chi connectivity index (χ1) is 6.68. The molecule has 0 unspecified atom stereocenters. The standard InChI is InChI=1S/C9H9ClN4/c1-14-9(12-5-13-14)6-2-3-8(11)7(10)4-6/h2-5H,11H2,1H3. The van der Waals surface area contributed by atoms with Crippen molar-refractivity contribution in [3.8, 4) is 11.4 Å². The zero-order chi connectivity index (χ0) is 10.1. The molecule has 0 bridgehead atoms. The van der Waals surface area contributed by atoms with Gasteiger partial charge in [-0.3, -0.25) is 0 Å². The first-order valence-corrected chi connectivity index (χ1v) is 4.45. The highest BCUT2D eigenvalue weighted by Gasteiger charge is 2.05. The molecule has 0 aliphatic rings. The summed E-state index contributed by atoms with van der Waals surface area (Å²) in [6, 6.07) is 5.40. The lowest BCUT2D eigenvalue weighted by atomic mass is 10.2. The largest absolute Gasteiger partial charge is 0.398 e. The van der Waals surface area contributed by atoms with E-state index in [0.29, 0.717) is 10.7 Å². The topological polar surface area (TPSA) is 56.7 Å². The molecule has 0 aliphatic heterocycles. The van der Waals surface area contributed by atoms with E-state index in [0.717, 1.165) is 11.4 Å². The molecule has 0 saturated carbocycles. The second kappa shape index (κ2) is 3.31. The quantitative estimate of drug-likeness (QED) is 0.726. The summed E-state index contributed by atoms with van der Waals surface area (Å²) in [5.41, 5.74) is 7.08. The van der Waals surface area contributed by atoms with Gasteiger partial charge in [0, 0.05) is 12.6 Å². The summed E-state index contributed by atoms with van der Waals surface area (Å²) in [7, 11) is 1.83. The van der Waals surface area contributed by atoms with Crippen molar-refractivity contribution >= 4 is 17.3 Å². The third-order valence-electron chi connectivity index (χ3n) is 1.97. The van der Waals surface area contributed by atoms with Crippen LogP contribution in [0.4, 0.5) is 5.69 Å². The van der Waals surface area contributed by atoms with Crippen LogP contribution in [0.25, 0.3) is 11.4 Å². The molecule has 0 radical (unpaired) electrons.